The van der Waals surface area contributed by atoms with Crippen LogP contribution in [0, 0.1) is 5.92 Å². The minimum atomic E-state index is -0.785. The van der Waals surface area contributed by atoms with Crippen molar-refractivity contribution in [2.75, 3.05) is 0 Å². The van der Waals surface area contributed by atoms with E-state index in [1.54, 1.807) is 16.0 Å². The van der Waals surface area contributed by atoms with Crippen molar-refractivity contribution in [3.05, 3.63) is 17.5 Å². The summed E-state index contributed by atoms with van der Waals surface area (Å²) < 4.78 is 1.68. The zero-order valence-electron chi connectivity index (χ0n) is 9.98. The Balaban J connectivity index is 2.14. The van der Waals surface area contributed by atoms with Crippen LogP contribution in [0.2, 0.25) is 0 Å². The molecule has 1 atom stereocenters. The molecule has 6 nitrogen and oxygen atoms in total. The Morgan fingerprint density at radius 1 is 1.61 bits per heavy atom. The van der Waals surface area contributed by atoms with E-state index in [2.05, 4.69) is 15.5 Å². The molecule has 18 heavy (non-hydrogen) atoms. The normalized spacial score (nSPS) is 12.5. The van der Waals surface area contributed by atoms with E-state index in [4.69, 9.17) is 5.11 Å². The highest BCUT2D eigenvalue weighted by molar-refractivity contribution is 7.13. The van der Waals surface area contributed by atoms with Gasteiger partial charge < -0.3 is 5.11 Å². The topological polar surface area (TPSA) is 80.9 Å². The number of aromatic nitrogens is 4. The summed E-state index contributed by atoms with van der Waals surface area (Å²) in [6.07, 6.45) is 0.927. The van der Waals surface area contributed by atoms with Gasteiger partial charge in [-0.2, -0.15) is 0 Å². The number of tetrazole rings is 1. The molecule has 2 aromatic rings. The maximum atomic E-state index is 10.8. The molecule has 0 saturated carbocycles. The van der Waals surface area contributed by atoms with Crippen LogP contribution in [0.4, 0.5) is 0 Å². The molecule has 96 valence electrons. The monoisotopic (exact) mass is 266 g/mol. The molecule has 0 fully saturated rings. The highest BCUT2D eigenvalue weighted by atomic mass is 32.1. The van der Waals surface area contributed by atoms with Gasteiger partial charge in [-0.05, 0) is 27.8 Å². The lowest BCUT2D eigenvalue weighted by molar-refractivity contribution is -0.138. The number of rotatable bonds is 6. The lowest BCUT2D eigenvalue weighted by Crippen LogP contribution is -2.16. The summed E-state index contributed by atoms with van der Waals surface area (Å²) in [4.78, 5) is 11.7. The first-order valence-electron chi connectivity index (χ1n) is 5.72. The Morgan fingerprint density at radius 3 is 3.06 bits per heavy atom. The van der Waals surface area contributed by atoms with Crippen molar-refractivity contribution in [2.45, 2.75) is 26.3 Å². The number of aliphatic carboxylic acids is 1. The first-order chi connectivity index (χ1) is 8.70. The summed E-state index contributed by atoms with van der Waals surface area (Å²) in [7, 11) is 0. The van der Waals surface area contributed by atoms with E-state index in [1.807, 2.05) is 24.4 Å². The number of carboxylic acid groups (broad SMARTS) is 1. The Morgan fingerprint density at radius 2 is 2.44 bits per heavy atom. The molecule has 0 radical (unpaired) electrons. The first kappa shape index (κ1) is 12.7. The number of carbonyl (C=O) groups is 1. The zero-order valence-corrected chi connectivity index (χ0v) is 10.8. The molecule has 0 bridgehead atoms. The molecule has 2 aromatic heterocycles. The van der Waals surface area contributed by atoms with Gasteiger partial charge >= 0.3 is 5.97 Å². The largest absolute Gasteiger partial charge is 0.481 e. The fraction of sp³-hybridized carbons (Fsp3) is 0.455. The van der Waals surface area contributed by atoms with Gasteiger partial charge in [-0.1, -0.05) is 19.4 Å². The number of nitrogens with zero attached hydrogens (tertiary/aromatic N) is 4. The van der Waals surface area contributed by atoms with Gasteiger partial charge in [0.25, 0.3) is 0 Å². The fourth-order valence-corrected chi connectivity index (χ4v) is 2.45. The number of hydrogen-bond acceptors (Lipinski definition) is 5. The third-order valence-electron chi connectivity index (χ3n) is 2.75. The summed E-state index contributed by atoms with van der Waals surface area (Å²) in [5.74, 6) is -0.0360. The predicted molar refractivity (Wildman–Crippen MR) is 67.2 cm³/mol. The van der Waals surface area contributed by atoms with Crippen LogP contribution in [-0.2, 0) is 11.3 Å². The molecule has 0 aliphatic rings. The van der Waals surface area contributed by atoms with Crippen LogP contribution in [0.1, 0.15) is 19.8 Å². The second-order valence-electron chi connectivity index (χ2n) is 4.03. The van der Waals surface area contributed by atoms with Crippen LogP contribution >= 0.6 is 11.3 Å². The highest BCUT2D eigenvalue weighted by Gasteiger charge is 2.16. The first-order valence-corrected chi connectivity index (χ1v) is 6.60. The molecule has 0 amide bonds. The summed E-state index contributed by atoms with van der Waals surface area (Å²) in [5.41, 5.74) is 0. The van der Waals surface area contributed by atoms with Gasteiger partial charge in [-0.15, -0.1) is 16.4 Å². The van der Waals surface area contributed by atoms with E-state index in [9.17, 15) is 4.79 Å². The van der Waals surface area contributed by atoms with Gasteiger partial charge in [-0.25, -0.2) is 4.68 Å². The minimum absolute atomic E-state index is 0.0460. The quantitative estimate of drug-likeness (QED) is 0.863. The van der Waals surface area contributed by atoms with Crippen molar-refractivity contribution in [1.82, 2.24) is 20.2 Å². The maximum Gasteiger partial charge on any atom is 0.303 e. The van der Waals surface area contributed by atoms with Crippen LogP contribution in [-0.4, -0.2) is 31.3 Å². The van der Waals surface area contributed by atoms with Crippen molar-refractivity contribution >= 4 is 17.3 Å². The minimum Gasteiger partial charge on any atom is -0.481 e. The van der Waals surface area contributed by atoms with Gasteiger partial charge in [-0.3, -0.25) is 4.79 Å². The van der Waals surface area contributed by atoms with Crippen molar-refractivity contribution in [2.24, 2.45) is 5.92 Å². The Bertz CT molecular complexity index is 509. The fourth-order valence-electron chi connectivity index (χ4n) is 1.74. The third-order valence-corrected chi connectivity index (χ3v) is 3.61. The van der Waals surface area contributed by atoms with E-state index in [0.717, 1.165) is 11.3 Å². The van der Waals surface area contributed by atoms with E-state index in [1.165, 1.54) is 0 Å². The molecular formula is C11H14N4O2S. The maximum absolute atomic E-state index is 10.8. The summed E-state index contributed by atoms with van der Waals surface area (Å²) in [5, 5.41) is 22.4. The lowest BCUT2D eigenvalue weighted by atomic mass is 10.0. The molecule has 2 heterocycles. The summed E-state index contributed by atoms with van der Waals surface area (Å²) in [6, 6.07) is 3.89. The Hall–Kier alpha value is -1.76. The average Bonchev–Trinajstić information content (AvgIpc) is 2.96. The molecule has 0 saturated heterocycles. The third kappa shape index (κ3) is 2.92. The summed E-state index contributed by atoms with van der Waals surface area (Å²) in [6.45, 7) is 2.51. The van der Waals surface area contributed by atoms with E-state index >= 15 is 0 Å². The summed E-state index contributed by atoms with van der Waals surface area (Å²) >= 11 is 1.56. The van der Waals surface area contributed by atoms with Gasteiger partial charge in [0.1, 0.15) is 0 Å². The molecule has 0 aromatic carbocycles. The number of carboxylic acids is 1. The van der Waals surface area contributed by atoms with Crippen molar-refractivity contribution in [3.63, 3.8) is 0 Å². The van der Waals surface area contributed by atoms with Gasteiger partial charge in [0.05, 0.1) is 4.88 Å². The zero-order chi connectivity index (χ0) is 13.0. The second kappa shape index (κ2) is 5.72. The molecule has 1 unspecified atom stereocenters. The molecule has 1 N–H and O–H groups in total. The SMILES string of the molecule is CCC(CC(=O)O)Cn1nnnc1-c1cccs1. The number of hydrogen-bond donors (Lipinski definition) is 1. The molecule has 0 spiro atoms. The molecular weight excluding hydrogens is 252 g/mol. The van der Waals surface area contributed by atoms with E-state index < -0.39 is 5.97 Å². The van der Waals surface area contributed by atoms with Crippen LogP contribution in [0.25, 0.3) is 10.7 Å². The number of thiophene rings is 1. The Kier molecular flexibility index (Phi) is 4.03. The van der Waals surface area contributed by atoms with Crippen LogP contribution in [0.3, 0.4) is 0 Å². The average molecular weight is 266 g/mol. The predicted octanol–water partition coefficient (Wildman–Crippen LogP) is 1.90. The standard InChI is InChI=1S/C11H14N4O2S/c1-2-8(6-10(16)17)7-15-11(12-13-14-15)9-4-3-5-18-9/h3-5,8H,2,6-7H2,1H3,(H,16,17). The second-order valence-corrected chi connectivity index (χ2v) is 4.98. The molecule has 0 aliphatic heterocycles. The van der Waals surface area contributed by atoms with E-state index in [0.29, 0.717) is 12.4 Å². The molecule has 7 heteroatoms. The van der Waals surface area contributed by atoms with Crippen molar-refractivity contribution in [1.29, 1.82) is 0 Å². The van der Waals surface area contributed by atoms with Crippen LogP contribution in [0.5, 0.6) is 0 Å². The van der Waals surface area contributed by atoms with Gasteiger partial charge in [0, 0.05) is 13.0 Å². The van der Waals surface area contributed by atoms with Crippen molar-refractivity contribution in [3.8, 4) is 10.7 Å². The van der Waals surface area contributed by atoms with Crippen LogP contribution in [0.15, 0.2) is 17.5 Å². The van der Waals surface area contributed by atoms with Gasteiger partial charge in [0.2, 0.25) is 0 Å². The Labute approximate surface area is 108 Å². The smallest absolute Gasteiger partial charge is 0.303 e. The van der Waals surface area contributed by atoms with Gasteiger partial charge in [0.15, 0.2) is 5.82 Å². The van der Waals surface area contributed by atoms with Crippen LogP contribution < -0.4 is 0 Å². The lowest BCUT2D eigenvalue weighted by Gasteiger charge is -2.12. The molecule has 0 aliphatic carbocycles. The van der Waals surface area contributed by atoms with Crippen molar-refractivity contribution < 1.29 is 9.90 Å². The molecule has 2 rings (SSSR count). The highest BCUT2D eigenvalue weighted by Crippen LogP contribution is 2.23. The van der Waals surface area contributed by atoms with E-state index in [-0.39, 0.29) is 12.3 Å².